The van der Waals surface area contributed by atoms with Crippen molar-refractivity contribution in [1.82, 2.24) is 0 Å². The molecule has 0 aliphatic rings. The van der Waals surface area contributed by atoms with Gasteiger partial charge in [-0.3, -0.25) is 5.41 Å². The second kappa shape index (κ2) is 5.32. The minimum atomic E-state index is 0.149. The van der Waals surface area contributed by atoms with E-state index in [0.29, 0.717) is 6.61 Å². The molecule has 0 aliphatic heterocycles. The van der Waals surface area contributed by atoms with Crippen molar-refractivity contribution in [3.05, 3.63) is 35.9 Å². The number of benzene rings is 1. The number of hydrogen-bond acceptors (Lipinski definition) is 3. The smallest absolute Gasteiger partial charge is 0.206 e. The van der Waals surface area contributed by atoms with Gasteiger partial charge in [0.05, 0.1) is 13.7 Å². The number of methoxy groups -OCH3 is 1. The lowest BCUT2D eigenvalue weighted by Crippen LogP contribution is -2.09. The first-order chi connectivity index (χ1) is 6.33. The molecular weight excluding hydrogens is 166 g/mol. The summed E-state index contributed by atoms with van der Waals surface area (Å²) in [4.78, 5) is 0. The normalized spacial score (nSPS) is 9.62. The van der Waals surface area contributed by atoms with Crippen molar-refractivity contribution >= 4 is 5.90 Å². The standard InChI is InChI=1S/C10H13NO2/c1-12-10(11)8-13-7-9-5-3-2-4-6-9/h2-6,11H,7-8H2,1H3. The Balaban J connectivity index is 2.24. The molecule has 0 aromatic heterocycles. The Morgan fingerprint density at radius 2 is 2.00 bits per heavy atom. The van der Waals surface area contributed by atoms with Crippen LogP contribution < -0.4 is 0 Å². The van der Waals surface area contributed by atoms with Crippen molar-refractivity contribution in [3.63, 3.8) is 0 Å². The van der Waals surface area contributed by atoms with Crippen molar-refractivity contribution in [3.8, 4) is 0 Å². The molecule has 0 radical (unpaired) electrons. The van der Waals surface area contributed by atoms with E-state index in [0.717, 1.165) is 5.56 Å². The molecule has 0 saturated heterocycles. The fraction of sp³-hybridized carbons (Fsp3) is 0.300. The highest BCUT2D eigenvalue weighted by Gasteiger charge is 1.95. The van der Waals surface area contributed by atoms with E-state index in [9.17, 15) is 0 Å². The number of hydrogen-bond donors (Lipinski definition) is 1. The number of nitrogens with one attached hydrogen (secondary N) is 1. The molecule has 0 saturated carbocycles. The second-order valence-electron chi connectivity index (χ2n) is 2.61. The average Bonchev–Trinajstić information content (AvgIpc) is 2.19. The summed E-state index contributed by atoms with van der Waals surface area (Å²) in [6.45, 7) is 0.748. The van der Waals surface area contributed by atoms with E-state index in [2.05, 4.69) is 4.74 Å². The van der Waals surface area contributed by atoms with E-state index in [4.69, 9.17) is 10.1 Å². The molecule has 0 fully saturated rings. The van der Waals surface area contributed by atoms with Crippen LogP contribution in [0.5, 0.6) is 0 Å². The van der Waals surface area contributed by atoms with Gasteiger partial charge < -0.3 is 9.47 Å². The zero-order chi connectivity index (χ0) is 9.52. The molecule has 1 aromatic rings. The van der Waals surface area contributed by atoms with Gasteiger partial charge in [0.2, 0.25) is 5.90 Å². The Morgan fingerprint density at radius 3 is 2.62 bits per heavy atom. The zero-order valence-corrected chi connectivity index (χ0v) is 7.62. The Kier molecular flexibility index (Phi) is 3.99. The molecule has 3 heteroatoms. The fourth-order valence-electron chi connectivity index (χ4n) is 0.895. The first-order valence-corrected chi connectivity index (χ1v) is 4.06. The van der Waals surface area contributed by atoms with Crippen LogP contribution >= 0.6 is 0 Å². The predicted octanol–water partition coefficient (Wildman–Crippen LogP) is 1.83. The van der Waals surface area contributed by atoms with Gasteiger partial charge in [0.1, 0.15) is 6.61 Å². The van der Waals surface area contributed by atoms with Crippen LogP contribution in [0.25, 0.3) is 0 Å². The summed E-state index contributed by atoms with van der Waals surface area (Å²) in [6.07, 6.45) is 0. The molecule has 1 rings (SSSR count). The molecule has 0 amide bonds. The number of rotatable bonds is 4. The third kappa shape index (κ3) is 3.71. The van der Waals surface area contributed by atoms with Gasteiger partial charge in [0.25, 0.3) is 0 Å². The Labute approximate surface area is 77.8 Å². The summed E-state index contributed by atoms with van der Waals surface area (Å²) < 4.78 is 9.87. The molecule has 0 aliphatic carbocycles. The van der Waals surface area contributed by atoms with Gasteiger partial charge in [-0.05, 0) is 5.56 Å². The van der Waals surface area contributed by atoms with Crippen LogP contribution in [0.3, 0.4) is 0 Å². The third-order valence-electron chi connectivity index (χ3n) is 1.59. The van der Waals surface area contributed by atoms with Crippen LogP contribution in [0, 0.1) is 5.41 Å². The first kappa shape index (κ1) is 9.74. The summed E-state index contributed by atoms with van der Waals surface area (Å²) in [5, 5.41) is 7.16. The summed E-state index contributed by atoms with van der Waals surface area (Å²) >= 11 is 0. The zero-order valence-electron chi connectivity index (χ0n) is 7.62. The molecule has 1 aromatic carbocycles. The van der Waals surface area contributed by atoms with Crippen molar-refractivity contribution in [1.29, 1.82) is 5.41 Å². The highest BCUT2D eigenvalue weighted by Crippen LogP contribution is 1.99. The predicted molar refractivity (Wildman–Crippen MR) is 50.8 cm³/mol. The van der Waals surface area contributed by atoms with Crippen molar-refractivity contribution < 1.29 is 9.47 Å². The maximum Gasteiger partial charge on any atom is 0.206 e. The molecule has 0 atom stereocenters. The van der Waals surface area contributed by atoms with Gasteiger partial charge in [-0.15, -0.1) is 0 Å². The van der Waals surface area contributed by atoms with Crippen molar-refractivity contribution in [2.24, 2.45) is 0 Å². The van der Waals surface area contributed by atoms with Crippen molar-refractivity contribution in [2.45, 2.75) is 6.61 Å². The first-order valence-electron chi connectivity index (χ1n) is 4.06. The van der Waals surface area contributed by atoms with E-state index in [1.165, 1.54) is 7.11 Å². The van der Waals surface area contributed by atoms with Crippen molar-refractivity contribution in [2.75, 3.05) is 13.7 Å². The fourth-order valence-corrected chi connectivity index (χ4v) is 0.895. The Morgan fingerprint density at radius 1 is 1.31 bits per heavy atom. The monoisotopic (exact) mass is 179 g/mol. The van der Waals surface area contributed by atoms with E-state index in [-0.39, 0.29) is 12.5 Å². The van der Waals surface area contributed by atoms with E-state index in [1.807, 2.05) is 30.3 Å². The largest absolute Gasteiger partial charge is 0.483 e. The van der Waals surface area contributed by atoms with Crippen LogP contribution in [0.2, 0.25) is 0 Å². The third-order valence-corrected chi connectivity index (χ3v) is 1.59. The van der Waals surface area contributed by atoms with Crippen LogP contribution in [0.1, 0.15) is 5.56 Å². The minimum Gasteiger partial charge on any atom is -0.483 e. The second-order valence-corrected chi connectivity index (χ2v) is 2.61. The molecule has 3 nitrogen and oxygen atoms in total. The molecule has 0 bridgehead atoms. The van der Waals surface area contributed by atoms with E-state index < -0.39 is 0 Å². The van der Waals surface area contributed by atoms with Gasteiger partial charge in [0.15, 0.2) is 0 Å². The maximum atomic E-state index is 7.16. The topological polar surface area (TPSA) is 42.3 Å². The van der Waals surface area contributed by atoms with Gasteiger partial charge in [-0.1, -0.05) is 30.3 Å². The summed E-state index contributed by atoms with van der Waals surface area (Å²) in [6, 6.07) is 9.84. The highest BCUT2D eigenvalue weighted by molar-refractivity contribution is 5.73. The molecule has 1 N–H and O–H groups in total. The van der Waals surface area contributed by atoms with Crippen LogP contribution in [-0.4, -0.2) is 19.6 Å². The van der Waals surface area contributed by atoms with Crippen LogP contribution in [0.15, 0.2) is 30.3 Å². The molecule has 70 valence electrons. The number of ether oxygens (including phenoxy) is 2. The molecule has 0 unspecified atom stereocenters. The lowest BCUT2D eigenvalue weighted by Gasteiger charge is -2.04. The molecule has 13 heavy (non-hydrogen) atoms. The Hall–Kier alpha value is -1.35. The molecule has 0 spiro atoms. The summed E-state index contributed by atoms with van der Waals surface area (Å²) in [5.41, 5.74) is 1.10. The van der Waals surface area contributed by atoms with Crippen LogP contribution in [0.4, 0.5) is 0 Å². The Bertz CT molecular complexity index is 259. The van der Waals surface area contributed by atoms with Crippen LogP contribution in [-0.2, 0) is 16.1 Å². The quantitative estimate of drug-likeness (QED) is 0.566. The minimum absolute atomic E-state index is 0.149. The summed E-state index contributed by atoms with van der Waals surface area (Å²) in [5.74, 6) is 0.149. The van der Waals surface area contributed by atoms with Gasteiger partial charge in [-0.25, -0.2) is 0 Å². The highest BCUT2D eigenvalue weighted by atomic mass is 16.5. The van der Waals surface area contributed by atoms with Gasteiger partial charge in [0, 0.05) is 0 Å². The van der Waals surface area contributed by atoms with Gasteiger partial charge in [-0.2, -0.15) is 0 Å². The van der Waals surface area contributed by atoms with E-state index in [1.54, 1.807) is 0 Å². The summed E-state index contributed by atoms with van der Waals surface area (Å²) in [7, 11) is 1.47. The SMILES string of the molecule is COC(=N)COCc1ccccc1. The average molecular weight is 179 g/mol. The molecular formula is C10H13NO2. The lowest BCUT2D eigenvalue weighted by atomic mass is 10.2. The van der Waals surface area contributed by atoms with E-state index >= 15 is 0 Å². The van der Waals surface area contributed by atoms with Gasteiger partial charge >= 0.3 is 0 Å². The molecule has 0 heterocycles. The lowest BCUT2D eigenvalue weighted by molar-refractivity contribution is 0.142. The maximum absolute atomic E-state index is 7.16.